The monoisotopic (exact) mass is 262 g/mol. The minimum Gasteiger partial charge on any atom is -0.478 e. The van der Waals surface area contributed by atoms with Gasteiger partial charge in [-0.25, -0.2) is 9.59 Å². The first-order chi connectivity index (χ1) is 8.81. The SMILES string of the molecule is Cc1cccc(NC(=O)NC2CC2(C)C)c1C(=O)O. The van der Waals surface area contributed by atoms with E-state index >= 15 is 0 Å². The van der Waals surface area contributed by atoms with Crippen molar-refractivity contribution in [2.45, 2.75) is 33.2 Å². The number of carbonyl (C=O) groups excluding carboxylic acids is 1. The number of anilines is 1. The number of benzene rings is 1. The van der Waals surface area contributed by atoms with Gasteiger partial charge in [-0.3, -0.25) is 0 Å². The Kier molecular flexibility index (Phi) is 3.22. The molecule has 2 amide bonds. The molecule has 3 N–H and O–H groups in total. The predicted octanol–water partition coefficient (Wildman–Crippen LogP) is 2.61. The zero-order chi connectivity index (χ0) is 14.2. The number of carboxylic acids is 1. The first kappa shape index (κ1) is 13.4. The molecule has 5 nitrogen and oxygen atoms in total. The third kappa shape index (κ3) is 2.86. The lowest BCUT2D eigenvalue weighted by molar-refractivity contribution is 0.0697. The van der Waals surface area contributed by atoms with Gasteiger partial charge < -0.3 is 15.7 Å². The highest BCUT2D eigenvalue weighted by Crippen LogP contribution is 2.44. The summed E-state index contributed by atoms with van der Waals surface area (Å²) in [5.74, 6) is -1.04. The summed E-state index contributed by atoms with van der Waals surface area (Å²) in [6, 6.07) is 4.82. The maximum absolute atomic E-state index is 11.8. The molecule has 1 aliphatic carbocycles. The van der Waals surface area contributed by atoms with Gasteiger partial charge in [0, 0.05) is 6.04 Å². The average molecular weight is 262 g/mol. The van der Waals surface area contributed by atoms with Crippen LogP contribution in [0.3, 0.4) is 0 Å². The Morgan fingerprint density at radius 3 is 2.53 bits per heavy atom. The van der Waals surface area contributed by atoms with Gasteiger partial charge in [-0.15, -0.1) is 0 Å². The molecule has 1 fully saturated rings. The summed E-state index contributed by atoms with van der Waals surface area (Å²) in [4.78, 5) is 23.0. The van der Waals surface area contributed by atoms with Gasteiger partial charge in [0.05, 0.1) is 11.3 Å². The van der Waals surface area contributed by atoms with Gasteiger partial charge in [-0.05, 0) is 30.4 Å². The second kappa shape index (κ2) is 4.57. The summed E-state index contributed by atoms with van der Waals surface area (Å²) < 4.78 is 0. The zero-order valence-corrected chi connectivity index (χ0v) is 11.3. The topological polar surface area (TPSA) is 78.4 Å². The standard InChI is InChI=1S/C14H18N2O3/c1-8-5-4-6-9(11(8)12(17)18)15-13(19)16-10-7-14(10,2)3/h4-6,10H,7H2,1-3H3,(H,17,18)(H2,15,16,19). The lowest BCUT2D eigenvalue weighted by Crippen LogP contribution is -2.33. The number of rotatable bonds is 3. The molecule has 0 bridgehead atoms. The first-order valence-corrected chi connectivity index (χ1v) is 6.22. The number of nitrogens with one attached hydrogen (secondary N) is 2. The van der Waals surface area contributed by atoms with E-state index in [1.165, 1.54) is 0 Å². The molecule has 102 valence electrons. The van der Waals surface area contributed by atoms with Crippen LogP contribution in [0.1, 0.15) is 36.2 Å². The van der Waals surface area contributed by atoms with E-state index < -0.39 is 5.97 Å². The van der Waals surface area contributed by atoms with Crippen LogP contribution in [-0.2, 0) is 0 Å². The van der Waals surface area contributed by atoms with Crippen molar-refractivity contribution in [2.24, 2.45) is 5.41 Å². The van der Waals surface area contributed by atoms with Crippen molar-refractivity contribution in [1.29, 1.82) is 0 Å². The molecule has 1 aliphatic rings. The van der Waals surface area contributed by atoms with Crippen LogP contribution in [-0.4, -0.2) is 23.1 Å². The van der Waals surface area contributed by atoms with Crippen LogP contribution in [0, 0.1) is 12.3 Å². The molecular formula is C14H18N2O3. The Hall–Kier alpha value is -2.04. The van der Waals surface area contributed by atoms with Gasteiger partial charge in [-0.1, -0.05) is 26.0 Å². The summed E-state index contributed by atoms with van der Waals surface area (Å²) in [5, 5.41) is 14.6. The molecule has 5 heteroatoms. The summed E-state index contributed by atoms with van der Waals surface area (Å²) in [5.41, 5.74) is 1.22. The fourth-order valence-electron chi connectivity index (χ4n) is 2.09. The van der Waals surface area contributed by atoms with Crippen LogP contribution < -0.4 is 10.6 Å². The highest BCUT2D eigenvalue weighted by molar-refractivity contribution is 6.01. The quantitative estimate of drug-likeness (QED) is 0.783. The fourth-order valence-corrected chi connectivity index (χ4v) is 2.09. The summed E-state index contributed by atoms with van der Waals surface area (Å²) in [6.07, 6.45) is 0.944. The van der Waals surface area contributed by atoms with Crippen molar-refractivity contribution in [3.05, 3.63) is 29.3 Å². The van der Waals surface area contributed by atoms with Gasteiger partial charge in [0.15, 0.2) is 0 Å². The van der Waals surface area contributed by atoms with Crippen LogP contribution in [0.2, 0.25) is 0 Å². The molecule has 0 spiro atoms. The highest BCUT2D eigenvalue weighted by atomic mass is 16.4. The van der Waals surface area contributed by atoms with E-state index in [1.54, 1.807) is 25.1 Å². The van der Waals surface area contributed by atoms with Gasteiger partial charge in [0.2, 0.25) is 0 Å². The summed E-state index contributed by atoms with van der Waals surface area (Å²) >= 11 is 0. The maximum Gasteiger partial charge on any atom is 0.338 e. The molecule has 0 saturated heterocycles. The van der Waals surface area contributed by atoms with E-state index in [0.29, 0.717) is 11.3 Å². The van der Waals surface area contributed by atoms with Crippen molar-refractivity contribution in [3.8, 4) is 0 Å². The van der Waals surface area contributed by atoms with Crippen molar-refractivity contribution >= 4 is 17.7 Å². The number of hydrogen-bond donors (Lipinski definition) is 3. The smallest absolute Gasteiger partial charge is 0.338 e. The molecule has 19 heavy (non-hydrogen) atoms. The minimum atomic E-state index is -1.04. The molecule has 1 saturated carbocycles. The number of hydrogen-bond acceptors (Lipinski definition) is 2. The average Bonchev–Trinajstić information content (AvgIpc) is 2.84. The van der Waals surface area contributed by atoms with Crippen molar-refractivity contribution in [2.75, 3.05) is 5.32 Å². The molecule has 2 rings (SSSR count). The van der Waals surface area contributed by atoms with Crippen molar-refractivity contribution < 1.29 is 14.7 Å². The predicted molar refractivity (Wildman–Crippen MR) is 72.5 cm³/mol. The Bertz CT molecular complexity index is 537. The van der Waals surface area contributed by atoms with E-state index in [2.05, 4.69) is 24.5 Å². The normalized spacial score (nSPS) is 19.6. The van der Waals surface area contributed by atoms with E-state index in [-0.39, 0.29) is 23.1 Å². The Morgan fingerprint density at radius 1 is 1.37 bits per heavy atom. The number of carboxylic acid groups (broad SMARTS) is 1. The molecule has 1 atom stereocenters. The molecule has 0 heterocycles. The van der Waals surface area contributed by atoms with E-state index in [9.17, 15) is 9.59 Å². The second-order valence-electron chi connectivity index (χ2n) is 5.65. The number of carbonyl (C=O) groups is 2. The van der Waals surface area contributed by atoms with Crippen LogP contribution in [0.15, 0.2) is 18.2 Å². The number of amides is 2. The van der Waals surface area contributed by atoms with Crippen LogP contribution in [0.25, 0.3) is 0 Å². The second-order valence-corrected chi connectivity index (χ2v) is 5.65. The maximum atomic E-state index is 11.8. The number of aromatic carboxylic acids is 1. The van der Waals surface area contributed by atoms with E-state index in [0.717, 1.165) is 6.42 Å². The first-order valence-electron chi connectivity index (χ1n) is 6.22. The number of urea groups is 1. The van der Waals surface area contributed by atoms with E-state index in [1.807, 2.05) is 0 Å². The number of aryl methyl sites for hydroxylation is 1. The largest absolute Gasteiger partial charge is 0.478 e. The van der Waals surface area contributed by atoms with Gasteiger partial charge in [-0.2, -0.15) is 0 Å². The Morgan fingerprint density at radius 2 is 2.00 bits per heavy atom. The molecule has 0 radical (unpaired) electrons. The van der Waals surface area contributed by atoms with E-state index in [4.69, 9.17) is 5.11 Å². The molecule has 1 aromatic carbocycles. The summed E-state index contributed by atoms with van der Waals surface area (Å²) in [7, 11) is 0. The van der Waals surface area contributed by atoms with Crippen LogP contribution in [0.4, 0.5) is 10.5 Å². The molecular weight excluding hydrogens is 244 g/mol. The third-order valence-electron chi connectivity index (χ3n) is 3.55. The minimum absolute atomic E-state index is 0.132. The molecule has 0 aromatic heterocycles. The Labute approximate surface area is 112 Å². The van der Waals surface area contributed by atoms with Crippen molar-refractivity contribution in [3.63, 3.8) is 0 Å². The van der Waals surface area contributed by atoms with Crippen LogP contribution >= 0.6 is 0 Å². The molecule has 0 aliphatic heterocycles. The van der Waals surface area contributed by atoms with Gasteiger partial charge in [0.1, 0.15) is 0 Å². The van der Waals surface area contributed by atoms with Gasteiger partial charge >= 0.3 is 12.0 Å². The zero-order valence-electron chi connectivity index (χ0n) is 11.3. The molecule has 1 unspecified atom stereocenters. The lowest BCUT2D eigenvalue weighted by atomic mass is 10.1. The Balaban J connectivity index is 2.09. The van der Waals surface area contributed by atoms with Crippen molar-refractivity contribution in [1.82, 2.24) is 5.32 Å². The summed E-state index contributed by atoms with van der Waals surface area (Å²) in [6.45, 7) is 5.86. The third-order valence-corrected chi connectivity index (χ3v) is 3.55. The molecule has 1 aromatic rings. The lowest BCUT2D eigenvalue weighted by Gasteiger charge is -2.12. The fraction of sp³-hybridized carbons (Fsp3) is 0.429. The highest BCUT2D eigenvalue weighted by Gasteiger charge is 2.46. The van der Waals surface area contributed by atoms with Crippen LogP contribution in [0.5, 0.6) is 0 Å². The van der Waals surface area contributed by atoms with Gasteiger partial charge in [0.25, 0.3) is 0 Å².